The van der Waals surface area contributed by atoms with E-state index in [4.69, 9.17) is 21.4 Å². The van der Waals surface area contributed by atoms with Crippen LogP contribution in [0.2, 0.25) is 5.02 Å². The van der Waals surface area contributed by atoms with Gasteiger partial charge in [-0.3, -0.25) is 9.59 Å². The molecule has 1 fully saturated rings. The molecule has 0 saturated carbocycles. The fourth-order valence-electron chi connectivity index (χ4n) is 2.75. The standard InChI is InChI=1S/C16H17ClN4O4/c1-10-15(18-19-21(10)12-4-2-3-11(17)7-12)16(24)20-5-6-25-13(9-20)8-14(22)23/h2-4,7,13H,5-6,8-9H2,1H3,(H,22,23)/t13-/m0/s1. The van der Waals surface area contributed by atoms with Gasteiger partial charge in [0.1, 0.15) is 0 Å². The van der Waals surface area contributed by atoms with Crippen LogP contribution in [0.1, 0.15) is 22.6 Å². The zero-order valence-corrected chi connectivity index (χ0v) is 14.3. The molecule has 1 amide bonds. The number of hydrogen-bond acceptors (Lipinski definition) is 5. The second-order valence-corrected chi connectivity index (χ2v) is 6.19. The van der Waals surface area contributed by atoms with Gasteiger partial charge in [0.2, 0.25) is 0 Å². The normalized spacial score (nSPS) is 17.5. The Labute approximate surface area is 148 Å². The number of halogens is 1. The Kier molecular flexibility index (Phi) is 5.00. The van der Waals surface area contributed by atoms with Crippen molar-refractivity contribution >= 4 is 23.5 Å². The van der Waals surface area contributed by atoms with E-state index in [0.717, 1.165) is 0 Å². The molecule has 0 bridgehead atoms. The molecule has 1 saturated heterocycles. The molecule has 0 radical (unpaired) electrons. The van der Waals surface area contributed by atoms with Crippen molar-refractivity contribution in [3.63, 3.8) is 0 Å². The lowest BCUT2D eigenvalue weighted by molar-refractivity contribution is -0.141. The first-order valence-electron chi connectivity index (χ1n) is 7.76. The summed E-state index contributed by atoms with van der Waals surface area (Å²) in [4.78, 5) is 25.1. The third-order valence-electron chi connectivity index (χ3n) is 3.98. The van der Waals surface area contributed by atoms with Crippen LogP contribution in [-0.4, -0.2) is 62.7 Å². The third kappa shape index (κ3) is 3.80. The largest absolute Gasteiger partial charge is 0.481 e. The van der Waals surface area contributed by atoms with Crippen LogP contribution in [0.4, 0.5) is 0 Å². The molecule has 1 aliphatic rings. The van der Waals surface area contributed by atoms with E-state index in [-0.39, 0.29) is 24.6 Å². The van der Waals surface area contributed by atoms with Crippen LogP contribution < -0.4 is 0 Å². The van der Waals surface area contributed by atoms with Crippen LogP contribution in [-0.2, 0) is 9.53 Å². The van der Waals surface area contributed by atoms with Gasteiger partial charge in [0.05, 0.1) is 30.5 Å². The number of carboxylic acids is 1. The van der Waals surface area contributed by atoms with E-state index in [0.29, 0.717) is 29.6 Å². The zero-order valence-electron chi connectivity index (χ0n) is 13.6. The van der Waals surface area contributed by atoms with Crippen LogP contribution >= 0.6 is 11.6 Å². The minimum atomic E-state index is -0.956. The molecule has 3 rings (SSSR count). The van der Waals surface area contributed by atoms with Gasteiger partial charge in [-0.05, 0) is 25.1 Å². The maximum Gasteiger partial charge on any atom is 0.306 e. The molecule has 1 aromatic heterocycles. The van der Waals surface area contributed by atoms with Crippen molar-refractivity contribution in [1.29, 1.82) is 0 Å². The lowest BCUT2D eigenvalue weighted by Crippen LogP contribution is -2.46. The Morgan fingerprint density at radius 3 is 2.96 bits per heavy atom. The summed E-state index contributed by atoms with van der Waals surface area (Å²) < 4.78 is 6.94. The first-order valence-corrected chi connectivity index (χ1v) is 8.14. The number of carbonyl (C=O) groups excluding carboxylic acids is 1. The molecule has 1 aromatic carbocycles. The summed E-state index contributed by atoms with van der Waals surface area (Å²) in [5.74, 6) is -1.24. The molecule has 1 atom stereocenters. The second kappa shape index (κ2) is 7.20. The summed E-state index contributed by atoms with van der Waals surface area (Å²) in [7, 11) is 0. The lowest BCUT2D eigenvalue weighted by atomic mass is 10.2. The highest BCUT2D eigenvalue weighted by Crippen LogP contribution is 2.18. The van der Waals surface area contributed by atoms with Crippen molar-refractivity contribution in [3.05, 3.63) is 40.7 Å². The average Bonchev–Trinajstić information content (AvgIpc) is 2.95. The fraction of sp³-hybridized carbons (Fsp3) is 0.375. The maximum absolute atomic E-state index is 12.7. The van der Waals surface area contributed by atoms with Crippen LogP contribution in [0.15, 0.2) is 24.3 Å². The number of nitrogens with zero attached hydrogens (tertiary/aromatic N) is 4. The summed E-state index contributed by atoms with van der Waals surface area (Å²) in [5, 5.41) is 17.5. The van der Waals surface area contributed by atoms with E-state index in [2.05, 4.69) is 10.3 Å². The number of rotatable bonds is 4. The predicted octanol–water partition coefficient (Wildman–Crippen LogP) is 1.54. The van der Waals surface area contributed by atoms with Gasteiger partial charge in [-0.15, -0.1) is 5.10 Å². The minimum Gasteiger partial charge on any atom is -0.481 e. The number of aliphatic carboxylic acids is 1. The molecule has 132 valence electrons. The average molecular weight is 365 g/mol. The molecule has 0 unspecified atom stereocenters. The summed E-state index contributed by atoms with van der Waals surface area (Å²) in [6.07, 6.45) is -0.656. The van der Waals surface area contributed by atoms with Crippen molar-refractivity contribution in [2.24, 2.45) is 0 Å². The van der Waals surface area contributed by atoms with Crippen molar-refractivity contribution in [2.75, 3.05) is 19.7 Å². The Balaban J connectivity index is 1.80. The molecule has 1 aliphatic heterocycles. The van der Waals surface area contributed by atoms with Gasteiger partial charge >= 0.3 is 5.97 Å². The van der Waals surface area contributed by atoms with Crippen molar-refractivity contribution < 1.29 is 19.4 Å². The number of carboxylic acid groups (broad SMARTS) is 1. The molecule has 1 N–H and O–H groups in total. The molecule has 25 heavy (non-hydrogen) atoms. The monoisotopic (exact) mass is 364 g/mol. The molecule has 0 aliphatic carbocycles. The second-order valence-electron chi connectivity index (χ2n) is 5.76. The van der Waals surface area contributed by atoms with Gasteiger partial charge < -0.3 is 14.7 Å². The van der Waals surface area contributed by atoms with Crippen molar-refractivity contribution in [3.8, 4) is 5.69 Å². The third-order valence-corrected chi connectivity index (χ3v) is 4.21. The first-order chi connectivity index (χ1) is 12.0. The predicted molar refractivity (Wildman–Crippen MR) is 89.0 cm³/mol. The van der Waals surface area contributed by atoms with Crippen molar-refractivity contribution in [1.82, 2.24) is 19.9 Å². The highest BCUT2D eigenvalue weighted by Gasteiger charge is 2.29. The Morgan fingerprint density at radius 2 is 2.24 bits per heavy atom. The number of hydrogen-bond donors (Lipinski definition) is 1. The Morgan fingerprint density at radius 1 is 1.44 bits per heavy atom. The number of carbonyl (C=O) groups is 2. The van der Waals surface area contributed by atoms with Crippen LogP contribution in [0, 0.1) is 6.92 Å². The van der Waals surface area contributed by atoms with E-state index < -0.39 is 12.1 Å². The van der Waals surface area contributed by atoms with E-state index in [1.165, 1.54) is 0 Å². The summed E-state index contributed by atoms with van der Waals surface area (Å²) in [5.41, 5.74) is 1.53. The molecule has 2 heterocycles. The Hall–Kier alpha value is -2.45. The van der Waals surface area contributed by atoms with Gasteiger partial charge in [-0.25, -0.2) is 4.68 Å². The summed E-state index contributed by atoms with van der Waals surface area (Å²) in [6.45, 7) is 2.65. The van der Waals surface area contributed by atoms with Crippen LogP contribution in [0.25, 0.3) is 5.69 Å². The van der Waals surface area contributed by atoms with Crippen molar-refractivity contribution in [2.45, 2.75) is 19.4 Å². The molecule has 0 spiro atoms. The number of ether oxygens (including phenoxy) is 1. The highest BCUT2D eigenvalue weighted by molar-refractivity contribution is 6.30. The van der Waals surface area contributed by atoms with Gasteiger partial charge in [0.15, 0.2) is 5.69 Å². The van der Waals surface area contributed by atoms with Gasteiger partial charge in [0, 0.05) is 18.1 Å². The van der Waals surface area contributed by atoms with Crippen LogP contribution in [0.5, 0.6) is 0 Å². The zero-order chi connectivity index (χ0) is 18.0. The van der Waals surface area contributed by atoms with E-state index in [1.807, 2.05) is 6.07 Å². The highest BCUT2D eigenvalue weighted by atomic mass is 35.5. The van der Waals surface area contributed by atoms with Crippen LogP contribution in [0.3, 0.4) is 0 Å². The minimum absolute atomic E-state index is 0.141. The SMILES string of the molecule is Cc1c(C(=O)N2CCO[C@@H](CC(=O)O)C2)nnn1-c1cccc(Cl)c1. The summed E-state index contributed by atoms with van der Waals surface area (Å²) >= 11 is 6.00. The number of morpholine rings is 1. The number of amides is 1. The molecular formula is C16H17ClN4O4. The lowest BCUT2D eigenvalue weighted by Gasteiger charge is -2.31. The number of benzene rings is 1. The molecule has 2 aromatic rings. The molecular weight excluding hydrogens is 348 g/mol. The van der Waals surface area contributed by atoms with Gasteiger partial charge in [-0.1, -0.05) is 22.9 Å². The molecule has 9 heteroatoms. The van der Waals surface area contributed by atoms with E-state index >= 15 is 0 Å². The smallest absolute Gasteiger partial charge is 0.306 e. The first kappa shape index (κ1) is 17.4. The van der Waals surface area contributed by atoms with Gasteiger partial charge in [-0.2, -0.15) is 0 Å². The summed E-state index contributed by atoms with van der Waals surface area (Å²) in [6, 6.07) is 7.09. The Bertz CT molecular complexity index is 807. The fourth-order valence-corrected chi connectivity index (χ4v) is 2.94. The number of aromatic nitrogens is 3. The maximum atomic E-state index is 12.7. The topological polar surface area (TPSA) is 97.6 Å². The van der Waals surface area contributed by atoms with Gasteiger partial charge in [0.25, 0.3) is 5.91 Å². The van der Waals surface area contributed by atoms with E-state index in [9.17, 15) is 9.59 Å². The van der Waals surface area contributed by atoms with E-state index in [1.54, 1.807) is 34.7 Å². The molecule has 8 nitrogen and oxygen atoms in total. The quantitative estimate of drug-likeness (QED) is 0.883.